The number of carbonyl (C=O) groups is 1. The van der Waals surface area contributed by atoms with Crippen LogP contribution < -0.4 is 5.73 Å². The lowest BCUT2D eigenvalue weighted by atomic mass is 9.92. The van der Waals surface area contributed by atoms with E-state index in [2.05, 4.69) is 31.0 Å². The van der Waals surface area contributed by atoms with Crippen molar-refractivity contribution in [3.8, 4) is 0 Å². The Kier molecular flexibility index (Phi) is 6.60. The molecule has 1 saturated heterocycles. The molecule has 0 saturated carbocycles. The average Bonchev–Trinajstić information content (AvgIpc) is 2.59. The molecule has 4 heteroatoms. The molecular weight excluding hydrogens is 286 g/mol. The molecule has 2 N–H and O–H groups in total. The first-order valence-corrected chi connectivity index (χ1v) is 8.82. The Morgan fingerprint density at radius 2 is 2.09 bits per heavy atom. The van der Waals surface area contributed by atoms with Crippen molar-refractivity contribution in [2.45, 2.75) is 44.6 Å². The summed E-state index contributed by atoms with van der Waals surface area (Å²) in [5.41, 5.74) is 7.76. The number of carbonyl (C=O) groups excluding carboxylic acids is 1. The smallest absolute Gasteiger partial charge is 0.253 e. The maximum Gasteiger partial charge on any atom is 0.253 e. The van der Waals surface area contributed by atoms with E-state index in [4.69, 9.17) is 5.73 Å². The van der Waals surface area contributed by atoms with Crippen LogP contribution in [-0.2, 0) is 0 Å². The van der Waals surface area contributed by atoms with Crippen LogP contribution in [0.25, 0.3) is 0 Å². The third-order valence-corrected chi connectivity index (χ3v) is 5.17. The normalized spacial score (nSPS) is 17.9. The Morgan fingerprint density at radius 3 is 2.70 bits per heavy atom. The molecule has 1 fully saturated rings. The van der Waals surface area contributed by atoms with Crippen LogP contribution in [0.4, 0.5) is 0 Å². The molecule has 0 aliphatic carbocycles. The minimum absolute atomic E-state index is 0.143. The summed E-state index contributed by atoms with van der Waals surface area (Å²) < 4.78 is 0. The number of hydrogen-bond acceptors (Lipinski definition) is 3. The summed E-state index contributed by atoms with van der Waals surface area (Å²) >= 11 is 0. The van der Waals surface area contributed by atoms with E-state index in [-0.39, 0.29) is 5.91 Å². The molecule has 1 heterocycles. The van der Waals surface area contributed by atoms with Gasteiger partial charge in [-0.3, -0.25) is 4.79 Å². The first-order valence-electron chi connectivity index (χ1n) is 8.82. The van der Waals surface area contributed by atoms with Gasteiger partial charge in [0.05, 0.1) is 0 Å². The van der Waals surface area contributed by atoms with Gasteiger partial charge in [-0.2, -0.15) is 0 Å². The van der Waals surface area contributed by atoms with Gasteiger partial charge in [-0.25, -0.2) is 0 Å². The second-order valence-corrected chi connectivity index (χ2v) is 6.76. The van der Waals surface area contributed by atoms with E-state index < -0.39 is 0 Å². The van der Waals surface area contributed by atoms with Gasteiger partial charge < -0.3 is 15.5 Å². The first kappa shape index (κ1) is 18.0. The Balaban J connectivity index is 2.09. The zero-order chi connectivity index (χ0) is 16.8. The van der Waals surface area contributed by atoms with Gasteiger partial charge in [-0.05, 0) is 76.0 Å². The molecule has 2 rings (SSSR count). The number of nitrogens with two attached hydrogens (primary N) is 1. The molecule has 1 amide bonds. The van der Waals surface area contributed by atoms with Gasteiger partial charge in [0.2, 0.25) is 0 Å². The lowest BCUT2D eigenvalue weighted by Crippen LogP contribution is -2.44. The number of rotatable bonds is 6. The Morgan fingerprint density at radius 1 is 1.39 bits per heavy atom. The molecule has 0 aromatic heterocycles. The van der Waals surface area contributed by atoms with Crippen LogP contribution in [0.3, 0.4) is 0 Å². The van der Waals surface area contributed by atoms with Crippen LogP contribution in [0.2, 0.25) is 0 Å². The van der Waals surface area contributed by atoms with Gasteiger partial charge in [-0.15, -0.1) is 0 Å². The second kappa shape index (κ2) is 8.46. The lowest BCUT2D eigenvalue weighted by Gasteiger charge is -2.35. The summed E-state index contributed by atoms with van der Waals surface area (Å²) in [6.45, 7) is 5.00. The number of likely N-dealkylation sites (tertiary alicyclic amines) is 1. The second-order valence-electron chi connectivity index (χ2n) is 6.76. The van der Waals surface area contributed by atoms with E-state index in [1.165, 1.54) is 5.56 Å². The monoisotopic (exact) mass is 317 g/mol. The van der Waals surface area contributed by atoms with Crippen LogP contribution in [0, 0.1) is 0 Å². The highest BCUT2D eigenvalue weighted by Gasteiger charge is 2.25. The van der Waals surface area contributed by atoms with Crippen molar-refractivity contribution in [3.05, 3.63) is 35.4 Å². The quantitative estimate of drug-likeness (QED) is 0.877. The number of hydrogen-bond donors (Lipinski definition) is 1. The van der Waals surface area contributed by atoms with Crippen LogP contribution in [-0.4, -0.2) is 55.5 Å². The summed E-state index contributed by atoms with van der Waals surface area (Å²) in [5.74, 6) is 0.588. The lowest BCUT2D eigenvalue weighted by molar-refractivity contribution is 0.0659. The van der Waals surface area contributed by atoms with Gasteiger partial charge in [0, 0.05) is 18.7 Å². The van der Waals surface area contributed by atoms with Crippen molar-refractivity contribution >= 4 is 5.91 Å². The molecule has 1 aromatic rings. The predicted octanol–water partition coefficient (Wildman–Crippen LogP) is 2.70. The maximum absolute atomic E-state index is 12.8. The van der Waals surface area contributed by atoms with Gasteiger partial charge in [-0.1, -0.05) is 19.1 Å². The minimum Gasteiger partial charge on any atom is -0.339 e. The van der Waals surface area contributed by atoms with Crippen LogP contribution in [0.5, 0.6) is 0 Å². The fraction of sp³-hybridized carbons (Fsp3) is 0.632. The maximum atomic E-state index is 12.8. The van der Waals surface area contributed by atoms with Crippen LogP contribution in [0.15, 0.2) is 24.3 Å². The van der Waals surface area contributed by atoms with Crippen molar-refractivity contribution < 1.29 is 4.79 Å². The molecule has 0 bridgehead atoms. The van der Waals surface area contributed by atoms with E-state index in [0.717, 1.165) is 44.3 Å². The minimum atomic E-state index is 0.143. The number of amides is 1. The zero-order valence-electron chi connectivity index (χ0n) is 14.8. The zero-order valence-corrected chi connectivity index (χ0v) is 14.8. The van der Waals surface area contributed by atoms with Crippen LogP contribution in [0.1, 0.15) is 54.4 Å². The van der Waals surface area contributed by atoms with E-state index >= 15 is 0 Å². The molecule has 1 aromatic carbocycles. The Hall–Kier alpha value is -1.39. The summed E-state index contributed by atoms with van der Waals surface area (Å²) in [6, 6.07) is 8.48. The average molecular weight is 317 g/mol. The molecule has 4 nitrogen and oxygen atoms in total. The molecule has 0 spiro atoms. The third-order valence-electron chi connectivity index (χ3n) is 5.17. The molecule has 1 aliphatic rings. The number of nitrogens with zero attached hydrogens (tertiary/aromatic N) is 2. The molecule has 128 valence electrons. The van der Waals surface area contributed by atoms with Crippen molar-refractivity contribution in [1.82, 2.24) is 9.80 Å². The van der Waals surface area contributed by atoms with E-state index in [9.17, 15) is 4.79 Å². The van der Waals surface area contributed by atoms with Crippen LogP contribution >= 0.6 is 0 Å². The largest absolute Gasteiger partial charge is 0.339 e. The highest BCUT2D eigenvalue weighted by molar-refractivity contribution is 5.94. The van der Waals surface area contributed by atoms with Crippen molar-refractivity contribution in [3.63, 3.8) is 0 Å². The summed E-state index contributed by atoms with van der Waals surface area (Å²) in [6.07, 6.45) is 4.14. The SMILES string of the molecule is CCC(CCN)c1cccc(C(=O)N(C)C2CCN(C)CC2)c1. The van der Waals surface area contributed by atoms with Gasteiger partial charge in [0.1, 0.15) is 0 Å². The van der Waals surface area contributed by atoms with Crippen molar-refractivity contribution in [2.24, 2.45) is 5.73 Å². The van der Waals surface area contributed by atoms with Gasteiger partial charge in [0.15, 0.2) is 0 Å². The molecule has 1 unspecified atom stereocenters. The number of piperidine rings is 1. The Labute approximate surface area is 140 Å². The topological polar surface area (TPSA) is 49.6 Å². The predicted molar refractivity (Wildman–Crippen MR) is 95.8 cm³/mol. The van der Waals surface area contributed by atoms with E-state index in [1.807, 2.05) is 24.1 Å². The molecule has 23 heavy (non-hydrogen) atoms. The van der Waals surface area contributed by atoms with Crippen molar-refractivity contribution in [1.29, 1.82) is 0 Å². The third kappa shape index (κ3) is 4.55. The fourth-order valence-corrected chi connectivity index (χ4v) is 3.49. The summed E-state index contributed by atoms with van der Waals surface area (Å²) in [5, 5.41) is 0. The number of benzene rings is 1. The van der Waals surface area contributed by atoms with Gasteiger partial charge in [0.25, 0.3) is 5.91 Å². The van der Waals surface area contributed by atoms with Gasteiger partial charge >= 0.3 is 0 Å². The molecule has 0 radical (unpaired) electrons. The fourth-order valence-electron chi connectivity index (χ4n) is 3.49. The summed E-state index contributed by atoms with van der Waals surface area (Å²) in [4.78, 5) is 17.1. The molecule has 1 atom stereocenters. The standard InChI is InChI=1S/C19H31N3O/c1-4-15(8-11-20)16-6-5-7-17(14-16)19(23)22(3)18-9-12-21(2)13-10-18/h5-7,14-15,18H,4,8-13,20H2,1-3H3. The van der Waals surface area contributed by atoms with E-state index in [0.29, 0.717) is 18.5 Å². The summed E-state index contributed by atoms with van der Waals surface area (Å²) in [7, 11) is 4.09. The van der Waals surface area contributed by atoms with Crippen molar-refractivity contribution in [2.75, 3.05) is 33.7 Å². The van der Waals surface area contributed by atoms with E-state index in [1.54, 1.807) is 0 Å². The molecule has 1 aliphatic heterocycles. The molecular formula is C19H31N3O. The first-order chi connectivity index (χ1) is 11.1. The Bertz CT molecular complexity index is 509. The highest BCUT2D eigenvalue weighted by Crippen LogP contribution is 2.24. The highest BCUT2D eigenvalue weighted by atomic mass is 16.2.